The zero-order valence-electron chi connectivity index (χ0n) is 14.2. The number of hydrogen-bond donors (Lipinski definition) is 0. The molecule has 2 heteroatoms. The second-order valence-corrected chi connectivity index (χ2v) is 7.62. The van der Waals surface area contributed by atoms with Gasteiger partial charge < -0.3 is 9.47 Å². The summed E-state index contributed by atoms with van der Waals surface area (Å²) in [4.78, 5) is 0. The molecule has 0 aromatic carbocycles. The fraction of sp³-hybridized carbons (Fsp3) is 1.00. The molecule has 1 aliphatic rings. The van der Waals surface area contributed by atoms with Crippen LogP contribution in [0.2, 0.25) is 0 Å². The third-order valence-electron chi connectivity index (χ3n) is 4.12. The first-order valence-electron chi connectivity index (χ1n) is 8.74. The Labute approximate surface area is 126 Å². The number of rotatable bonds is 9. The fourth-order valence-corrected chi connectivity index (χ4v) is 2.74. The van der Waals surface area contributed by atoms with Gasteiger partial charge in [-0.3, -0.25) is 0 Å². The molecule has 20 heavy (non-hydrogen) atoms. The molecule has 120 valence electrons. The molecular weight excluding hydrogens is 248 g/mol. The average Bonchev–Trinajstić information content (AvgIpc) is 2.40. The van der Waals surface area contributed by atoms with E-state index in [1.165, 1.54) is 51.4 Å². The maximum atomic E-state index is 5.86. The molecule has 0 unspecified atom stereocenters. The molecule has 0 aromatic heterocycles. The molecule has 1 saturated heterocycles. The lowest BCUT2D eigenvalue weighted by Gasteiger charge is -2.29. The lowest BCUT2D eigenvalue weighted by Crippen LogP contribution is -2.32. The van der Waals surface area contributed by atoms with Crippen LogP contribution in [0.5, 0.6) is 0 Å². The van der Waals surface area contributed by atoms with E-state index in [4.69, 9.17) is 9.47 Å². The molecule has 2 nitrogen and oxygen atoms in total. The average molecular weight is 284 g/mol. The minimum Gasteiger partial charge on any atom is -0.352 e. The van der Waals surface area contributed by atoms with Crippen molar-refractivity contribution in [3.05, 3.63) is 0 Å². The molecule has 0 bridgehead atoms. The zero-order chi connectivity index (χ0) is 14.8. The van der Waals surface area contributed by atoms with Crippen molar-refractivity contribution in [2.75, 3.05) is 13.2 Å². The maximum absolute atomic E-state index is 5.86. The maximum Gasteiger partial charge on any atom is 0.157 e. The summed E-state index contributed by atoms with van der Waals surface area (Å²) in [7, 11) is 0. The lowest BCUT2D eigenvalue weighted by atomic mass is 9.89. The smallest absolute Gasteiger partial charge is 0.157 e. The van der Waals surface area contributed by atoms with E-state index < -0.39 is 0 Å². The molecular formula is C18H36O2. The van der Waals surface area contributed by atoms with Crippen LogP contribution in [0.4, 0.5) is 0 Å². The highest BCUT2D eigenvalue weighted by molar-refractivity contribution is 4.65. The molecule has 0 saturated carbocycles. The van der Waals surface area contributed by atoms with Gasteiger partial charge in [-0.05, 0) is 31.1 Å². The van der Waals surface area contributed by atoms with Gasteiger partial charge in [0.2, 0.25) is 0 Å². The van der Waals surface area contributed by atoms with Crippen LogP contribution in [0, 0.1) is 11.3 Å². The van der Waals surface area contributed by atoms with Crippen LogP contribution in [-0.2, 0) is 9.47 Å². The van der Waals surface area contributed by atoms with E-state index in [1.807, 2.05) is 0 Å². The predicted molar refractivity (Wildman–Crippen MR) is 85.9 cm³/mol. The van der Waals surface area contributed by atoms with E-state index in [-0.39, 0.29) is 6.29 Å². The largest absolute Gasteiger partial charge is 0.352 e. The Hall–Kier alpha value is -0.0800. The van der Waals surface area contributed by atoms with Gasteiger partial charge in [0.1, 0.15) is 0 Å². The van der Waals surface area contributed by atoms with Crippen LogP contribution in [-0.4, -0.2) is 19.5 Å². The fourth-order valence-electron chi connectivity index (χ4n) is 2.74. The van der Waals surface area contributed by atoms with Crippen LogP contribution in [0.3, 0.4) is 0 Å². The van der Waals surface area contributed by atoms with Crippen LogP contribution in [0.1, 0.15) is 85.5 Å². The Bertz CT molecular complexity index is 224. The molecule has 0 aromatic rings. The van der Waals surface area contributed by atoms with Gasteiger partial charge in [0.25, 0.3) is 0 Å². The van der Waals surface area contributed by atoms with Crippen molar-refractivity contribution in [1.82, 2.24) is 0 Å². The molecule has 0 N–H and O–H groups in total. The molecule has 0 amide bonds. The summed E-state index contributed by atoms with van der Waals surface area (Å²) >= 11 is 0. The highest BCUT2D eigenvalue weighted by Gasteiger charge is 2.21. The summed E-state index contributed by atoms with van der Waals surface area (Å²) in [6.45, 7) is 11.0. The first kappa shape index (κ1) is 18.0. The van der Waals surface area contributed by atoms with Crippen LogP contribution >= 0.6 is 0 Å². The topological polar surface area (TPSA) is 18.5 Å². The minimum absolute atomic E-state index is 0.0712. The van der Waals surface area contributed by atoms with Crippen molar-refractivity contribution in [2.45, 2.75) is 91.8 Å². The highest BCUT2D eigenvalue weighted by Crippen LogP contribution is 2.24. The SMILES string of the molecule is CCCCCCC1COC(CCCCC(C)(C)C)OC1. The highest BCUT2D eigenvalue weighted by atomic mass is 16.7. The van der Waals surface area contributed by atoms with Crippen LogP contribution in [0.15, 0.2) is 0 Å². The molecule has 0 spiro atoms. The molecule has 0 radical (unpaired) electrons. The normalized spacial score (nSPS) is 24.0. The number of ether oxygens (including phenoxy) is 2. The summed E-state index contributed by atoms with van der Waals surface area (Å²) in [5.74, 6) is 0.637. The van der Waals surface area contributed by atoms with E-state index in [2.05, 4.69) is 27.7 Å². The molecule has 1 rings (SSSR count). The van der Waals surface area contributed by atoms with Crippen molar-refractivity contribution < 1.29 is 9.47 Å². The zero-order valence-corrected chi connectivity index (χ0v) is 14.2. The molecule has 0 aliphatic carbocycles. The van der Waals surface area contributed by atoms with E-state index in [0.717, 1.165) is 19.6 Å². The minimum atomic E-state index is 0.0712. The number of hydrogen-bond acceptors (Lipinski definition) is 2. The van der Waals surface area contributed by atoms with Crippen molar-refractivity contribution in [1.29, 1.82) is 0 Å². The number of unbranched alkanes of at least 4 members (excludes halogenated alkanes) is 4. The quantitative estimate of drug-likeness (QED) is 0.517. The summed E-state index contributed by atoms with van der Waals surface area (Å²) in [6, 6.07) is 0. The van der Waals surface area contributed by atoms with Gasteiger partial charge in [-0.15, -0.1) is 0 Å². The first-order chi connectivity index (χ1) is 9.51. The Balaban J connectivity index is 1.99. The summed E-state index contributed by atoms with van der Waals surface area (Å²) in [6.07, 6.45) is 11.6. The van der Waals surface area contributed by atoms with E-state index >= 15 is 0 Å². The van der Waals surface area contributed by atoms with E-state index in [0.29, 0.717) is 11.3 Å². The van der Waals surface area contributed by atoms with Gasteiger partial charge in [0.05, 0.1) is 13.2 Å². The molecule has 1 fully saturated rings. The second-order valence-electron chi connectivity index (χ2n) is 7.62. The molecule has 0 atom stereocenters. The predicted octanol–water partition coefficient (Wildman–Crippen LogP) is 5.55. The van der Waals surface area contributed by atoms with Crippen molar-refractivity contribution >= 4 is 0 Å². The van der Waals surface area contributed by atoms with Crippen molar-refractivity contribution in [3.8, 4) is 0 Å². The Morgan fingerprint density at radius 2 is 1.50 bits per heavy atom. The van der Waals surface area contributed by atoms with Gasteiger partial charge >= 0.3 is 0 Å². The van der Waals surface area contributed by atoms with Gasteiger partial charge in [0.15, 0.2) is 6.29 Å². The Morgan fingerprint density at radius 3 is 2.10 bits per heavy atom. The first-order valence-corrected chi connectivity index (χ1v) is 8.74. The van der Waals surface area contributed by atoms with E-state index in [1.54, 1.807) is 0 Å². The van der Waals surface area contributed by atoms with E-state index in [9.17, 15) is 0 Å². The summed E-state index contributed by atoms with van der Waals surface area (Å²) < 4.78 is 11.7. The Morgan fingerprint density at radius 1 is 0.850 bits per heavy atom. The van der Waals surface area contributed by atoms with Crippen molar-refractivity contribution in [3.63, 3.8) is 0 Å². The standard InChI is InChI=1S/C18H36O2/c1-5-6-7-8-11-16-14-19-17(20-15-16)12-9-10-13-18(2,3)4/h16-17H,5-15H2,1-4H3. The van der Waals surface area contributed by atoms with Gasteiger partial charge in [0, 0.05) is 5.92 Å². The Kier molecular flexibility index (Phi) is 8.79. The molecule has 1 heterocycles. The van der Waals surface area contributed by atoms with Gasteiger partial charge in [-0.25, -0.2) is 0 Å². The third kappa shape index (κ3) is 8.97. The monoisotopic (exact) mass is 284 g/mol. The molecule has 1 aliphatic heterocycles. The van der Waals surface area contributed by atoms with Gasteiger partial charge in [-0.1, -0.05) is 59.8 Å². The lowest BCUT2D eigenvalue weighted by molar-refractivity contribution is -0.204. The van der Waals surface area contributed by atoms with Crippen LogP contribution in [0.25, 0.3) is 0 Å². The second kappa shape index (κ2) is 9.78. The summed E-state index contributed by atoms with van der Waals surface area (Å²) in [5.41, 5.74) is 0.456. The summed E-state index contributed by atoms with van der Waals surface area (Å²) in [5, 5.41) is 0. The third-order valence-corrected chi connectivity index (χ3v) is 4.12. The van der Waals surface area contributed by atoms with Gasteiger partial charge in [-0.2, -0.15) is 0 Å². The van der Waals surface area contributed by atoms with Crippen molar-refractivity contribution in [2.24, 2.45) is 11.3 Å². The van der Waals surface area contributed by atoms with Crippen LogP contribution < -0.4 is 0 Å².